The Hall–Kier alpha value is -1.79. The normalized spacial score (nSPS) is 12.4. The number of rotatable bonds is 6. The second-order valence-corrected chi connectivity index (χ2v) is 4.63. The first-order chi connectivity index (χ1) is 8.20. The largest absolute Gasteiger partial charge is 0.481 e. The van der Waals surface area contributed by atoms with Crippen molar-refractivity contribution >= 4 is 17.9 Å². The van der Waals surface area contributed by atoms with Crippen molar-refractivity contribution < 1.29 is 19.5 Å². The van der Waals surface area contributed by atoms with Crippen LogP contribution in [0, 0.1) is 5.41 Å². The molecule has 7 nitrogen and oxygen atoms in total. The van der Waals surface area contributed by atoms with Crippen molar-refractivity contribution in [2.45, 2.75) is 33.7 Å². The van der Waals surface area contributed by atoms with E-state index < -0.39 is 23.5 Å². The first kappa shape index (κ1) is 16.2. The topological polar surface area (TPSA) is 108 Å². The molecule has 0 aliphatic heterocycles. The molecule has 0 rings (SSSR count). The summed E-state index contributed by atoms with van der Waals surface area (Å²) in [6.07, 6.45) is 0. The molecule has 0 aliphatic rings. The third kappa shape index (κ3) is 5.51. The predicted molar refractivity (Wildman–Crippen MR) is 66.1 cm³/mol. The van der Waals surface area contributed by atoms with Gasteiger partial charge in [-0.25, -0.2) is 4.79 Å². The monoisotopic (exact) mass is 259 g/mol. The van der Waals surface area contributed by atoms with Crippen LogP contribution in [0.2, 0.25) is 0 Å². The summed E-state index contributed by atoms with van der Waals surface area (Å²) >= 11 is 0. The van der Waals surface area contributed by atoms with Gasteiger partial charge < -0.3 is 21.1 Å². The molecule has 0 aromatic heterocycles. The van der Waals surface area contributed by atoms with E-state index in [0.717, 1.165) is 0 Å². The van der Waals surface area contributed by atoms with Gasteiger partial charge in [0.2, 0.25) is 5.91 Å². The number of carboxylic acid groups (broad SMARTS) is 1. The van der Waals surface area contributed by atoms with Crippen molar-refractivity contribution in [2.75, 3.05) is 13.1 Å². The van der Waals surface area contributed by atoms with Gasteiger partial charge in [-0.3, -0.25) is 9.59 Å². The Morgan fingerprint density at radius 2 is 1.78 bits per heavy atom. The summed E-state index contributed by atoms with van der Waals surface area (Å²) in [6, 6.07) is -1.24. The summed E-state index contributed by atoms with van der Waals surface area (Å²) in [5.74, 6) is -1.29. The number of likely N-dealkylation sites (N-methyl/N-ethyl adjacent to an activating group) is 1. The Morgan fingerprint density at radius 1 is 1.22 bits per heavy atom. The summed E-state index contributed by atoms with van der Waals surface area (Å²) in [7, 11) is 0. The Bertz CT molecular complexity index is 328. The number of carbonyl (C=O) groups excluding carboxylic acids is 2. The van der Waals surface area contributed by atoms with Crippen LogP contribution in [0.15, 0.2) is 0 Å². The van der Waals surface area contributed by atoms with Crippen molar-refractivity contribution in [3.05, 3.63) is 0 Å². The second-order valence-electron chi connectivity index (χ2n) is 4.63. The highest BCUT2D eigenvalue weighted by molar-refractivity contribution is 5.86. The molecule has 104 valence electrons. The lowest BCUT2D eigenvalue weighted by Crippen LogP contribution is -2.50. The smallest absolute Gasteiger partial charge is 0.315 e. The average Bonchev–Trinajstić information content (AvgIpc) is 2.26. The third-order valence-corrected chi connectivity index (χ3v) is 2.36. The molecule has 0 aromatic carbocycles. The summed E-state index contributed by atoms with van der Waals surface area (Å²) in [5.41, 5.74) is -1.05. The van der Waals surface area contributed by atoms with Crippen LogP contribution >= 0.6 is 0 Å². The molecule has 3 amide bonds. The first-order valence-corrected chi connectivity index (χ1v) is 5.76. The number of amides is 3. The van der Waals surface area contributed by atoms with Crippen molar-refractivity contribution in [3.8, 4) is 0 Å². The van der Waals surface area contributed by atoms with Gasteiger partial charge in [0.25, 0.3) is 0 Å². The fourth-order valence-electron chi connectivity index (χ4n) is 1.02. The molecule has 0 aliphatic carbocycles. The quantitative estimate of drug-likeness (QED) is 0.535. The minimum absolute atomic E-state index is 0.0176. The van der Waals surface area contributed by atoms with Gasteiger partial charge in [0.05, 0.1) is 5.41 Å². The van der Waals surface area contributed by atoms with Crippen LogP contribution in [-0.2, 0) is 9.59 Å². The fourth-order valence-corrected chi connectivity index (χ4v) is 1.02. The van der Waals surface area contributed by atoms with E-state index in [1.54, 1.807) is 13.8 Å². The van der Waals surface area contributed by atoms with Crippen LogP contribution in [0.25, 0.3) is 0 Å². The molecular weight excluding hydrogens is 238 g/mol. The lowest BCUT2D eigenvalue weighted by Gasteiger charge is -2.20. The van der Waals surface area contributed by atoms with E-state index in [2.05, 4.69) is 16.0 Å². The van der Waals surface area contributed by atoms with Gasteiger partial charge in [-0.15, -0.1) is 0 Å². The van der Waals surface area contributed by atoms with Crippen LogP contribution in [0.1, 0.15) is 27.7 Å². The average molecular weight is 259 g/mol. The molecule has 0 heterocycles. The lowest BCUT2D eigenvalue weighted by atomic mass is 9.94. The number of urea groups is 1. The van der Waals surface area contributed by atoms with Crippen LogP contribution in [-0.4, -0.2) is 42.1 Å². The van der Waals surface area contributed by atoms with E-state index in [-0.39, 0.29) is 12.5 Å². The lowest BCUT2D eigenvalue weighted by molar-refractivity contribution is -0.146. The molecule has 1 unspecified atom stereocenters. The molecule has 0 radical (unpaired) electrons. The molecule has 18 heavy (non-hydrogen) atoms. The van der Waals surface area contributed by atoms with Gasteiger partial charge in [0.15, 0.2) is 0 Å². The van der Waals surface area contributed by atoms with Gasteiger partial charge in [-0.1, -0.05) is 0 Å². The summed E-state index contributed by atoms with van der Waals surface area (Å²) in [4.78, 5) is 33.6. The van der Waals surface area contributed by atoms with E-state index in [0.29, 0.717) is 6.54 Å². The highest BCUT2D eigenvalue weighted by Gasteiger charge is 2.27. The molecular formula is C11H21N3O4. The number of hydrogen-bond acceptors (Lipinski definition) is 3. The maximum absolute atomic E-state index is 11.4. The van der Waals surface area contributed by atoms with Gasteiger partial charge in [0, 0.05) is 13.1 Å². The number of carbonyl (C=O) groups is 3. The number of carboxylic acids is 1. The fraction of sp³-hybridized carbons (Fsp3) is 0.727. The molecule has 0 bridgehead atoms. The maximum Gasteiger partial charge on any atom is 0.315 e. The zero-order chi connectivity index (χ0) is 14.3. The van der Waals surface area contributed by atoms with Crippen molar-refractivity contribution in [1.82, 2.24) is 16.0 Å². The molecule has 7 heteroatoms. The van der Waals surface area contributed by atoms with E-state index in [1.165, 1.54) is 13.8 Å². The van der Waals surface area contributed by atoms with Gasteiger partial charge in [0.1, 0.15) is 6.04 Å². The third-order valence-electron chi connectivity index (χ3n) is 2.36. The van der Waals surface area contributed by atoms with Gasteiger partial charge >= 0.3 is 12.0 Å². The molecule has 4 N–H and O–H groups in total. The minimum atomic E-state index is -1.05. The molecule has 0 aromatic rings. The molecule has 0 fully saturated rings. The minimum Gasteiger partial charge on any atom is -0.481 e. The molecule has 1 atom stereocenters. The predicted octanol–water partition coefficient (Wildman–Crippen LogP) is -0.0790. The summed E-state index contributed by atoms with van der Waals surface area (Å²) < 4.78 is 0. The van der Waals surface area contributed by atoms with E-state index >= 15 is 0 Å². The van der Waals surface area contributed by atoms with E-state index in [1.807, 2.05) is 0 Å². The first-order valence-electron chi connectivity index (χ1n) is 5.76. The zero-order valence-electron chi connectivity index (χ0n) is 11.2. The number of hydrogen-bond donors (Lipinski definition) is 4. The second kappa shape index (κ2) is 6.83. The Kier molecular flexibility index (Phi) is 6.15. The highest BCUT2D eigenvalue weighted by atomic mass is 16.4. The highest BCUT2D eigenvalue weighted by Crippen LogP contribution is 2.12. The Morgan fingerprint density at radius 3 is 2.22 bits per heavy atom. The van der Waals surface area contributed by atoms with Crippen LogP contribution in [0.4, 0.5) is 4.79 Å². The molecule has 0 saturated carbocycles. The van der Waals surface area contributed by atoms with Crippen molar-refractivity contribution in [3.63, 3.8) is 0 Å². The summed E-state index contributed by atoms with van der Waals surface area (Å²) in [6.45, 7) is 6.80. The SMILES string of the molecule is CCNC(=O)C(C)NC(=O)NCC(C)(C)C(=O)O. The molecule has 0 spiro atoms. The Labute approximate surface area is 106 Å². The number of nitrogens with one attached hydrogen (secondary N) is 3. The zero-order valence-corrected chi connectivity index (χ0v) is 11.2. The number of aliphatic carboxylic acids is 1. The maximum atomic E-state index is 11.4. The van der Waals surface area contributed by atoms with Gasteiger partial charge in [-0.2, -0.15) is 0 Å². The van der Waals surface area contributed by atoms with Gasteiger partial charge in [-0.05, 0) is 27.7 Å². The molecule has 0 saturated heterocycles. The van der Waals surface area contributed by atoms with E-state index in [9.17, 15) is 14.4 Å². The van der Waals surface area contributed by atoms with E-state index in [4.69, 9.17) is 5.11 Å². The Balaban J connectivity index is 4.13. The van der Waals surface area contributed by atoms with Crippen LogP contribution in [0.3, 0.4) is 0 Å². The van der Waals surface area contributed by atoms with Crippen molar-refractivity contribution in [2.24, 2.45) is 5.41 Å². The van der Waals surface area contributed by atoms with Crippen LogP contribution in [0.5, 0.6) is 0 Å². The van der Waals surface area contributed by atoms with Crippen LogP contribution < -0.4 is 16.0 Å². The summed E-state index contributed by atoms with van der Waals surface area (Å²) in [5, 5.41) is 16.3. The van der Waals surface area contributed by atoms with Crippen molar-refractivity contribution in [1.29, 1.82) is 0 Å². The standard InChI is InChI=1S/C11H21N3O4/c1-5-12-8(15)7(2)14-10(18)13-6-11(3,4)9(16)17/h7H,5-6H2,1-4H3,(H,12,15)(H,16,17)(H2,13,14,18).